The normalized spacial score (nSPS) is 13.4. The van der Waals surface area contributed by atoms with Gasteiger partial charge in [-0.15, -0.1) is 0 Å². The summed E-state index contributed by atoms with van der Waals surface area (Å²) in [7, 11) is 0. The molecule has 1 unspecified atom stereocenters. The van der Waals surface area contributed by atoms with E-state index in [1.54, 1.807) is 0 Å². The Morgan fingerprint density at radius 3 is 1.66 bits per heavy atom. The molecule has 174 valence electrons. The third kappa shape index (κ3) is 14.1. The predicted molar refractivity (Wildman–Crippen MR) is 123 cm³/mol. The van der Waals surface area contributed by atoms with Crippen LogP contribution in [0.4, 0.5) is 0 Å². The summed E-state index contributed by atoms with van der Waals surface area (Å²) in [5, 5.41) is 0. The summed E-state index contributed by atoms with van der Waals surface area (Å²) in [6.07, 6.45) is 11.3. The zero-order chi connectivity index (χ0) is 22.3. The fourth-order valence-corrected chi connectivity index (χ4v) is 3.46. The number of ether oxygens (including phenoxy) is 4. The standard InChI is InChI=1S/C25H50O4/c1-10-11-12-13-14-15-16-24(17-18-26-19-20(2)3)25(27-21(4)5,28-22(6)7)29-23(8)9/h19,21-24H,10-18H2,1-9H3. The van der Waals surface area contributed by atoms with E-state index in [0.29, 0.717) is 6.61 Å². The van der Waals surface area contributed by atoms with Crippen LogP contribution in [-0.2, 0) is 18.9 Å². The predicted octanol–water partition coefficient (Wildman–Crippen LogP) is 7.61. The molecular weight excluding hydrogens is 364 g/mol. The first kappa shape index (κ1) is 28.4. The van der Waals surface area contributed by atoms with Gasteiger partial charge in [-0.2, -0.15) is 0 Å². The molecule has 0 aromatic carbocycles. The molecule has 4 heteroatoms. The van der Waals surface area contributed by atoms with Gasteiger partial charge in [0.2, 0.25) is 0 Å². The van der Waals surface area contributed by atoms with Crippen molar-refractivity contribution in [1.29, 1.82) is 0 Å². The van der Waals surface area contributed by atoms with Crippen molar-refractivity contribution in [2.45, 2.75) is 138 Å². The van der Waals surface area contributed by atoms with Gasteiger partial charge in [0, 0.05) is 5.92 Å². The maximum atomic E-state index is 6.38. The Labute approximate surface area is 181 Å². The second-order valence-electron chi connectivity index (χ2n) is 9.21. The lowest BCUT2D eigenvalue weighted by atomic mass is 9.94. The van der Waals surface area contributed by atoms with E-state index in [2.05, 4.69) is 6.92 Å². The monoisotopic (exact) mass is 414 g/mol. The molecule has 29 heavy (non-hydrogen) atoms. The van der Waals surface area contributed by atoms with Crippen LogP contribution in [0.3, 0.4) is 0 Å². The Kier molecular flexibility index (Phi) is 15.8. The maximum absolute atomic E-state index is 6.38. The highest BCUT2D eigenvalue weighted by atomic mass is 16.9. The van der Waals surface area contributed by atoms with Crippen LogP contribution in [0.25, 0.3) is 0 Å². The second kappa shape index (κ2) is 16.2. The zero-order valence-electron chi connectivity index (χ0n) is 20.9. The smallest absolute Gasteiger partial charge is 0.286 e. The molecule has 0 heterocycles. The molecule has 0 aliphatic carbocycles. The molecule has 4 nitrogen and oxygen atoms in total. The van der Waals surface area contributed by atoms with E-state index in [1.807, 2.05) is 61.7 Å². The van der Waals surface area contributed by atoms with E-state index >= 15 is 0 Å². The number of hydrogen-bond donors (Lipinski definition) is 0. The van der Waals surface area contributed by atoms with Gasteiger partial charge < -0.3 is 18.9 Å². The molecule has 0 aromatic heterocycles. The molecule has 0 amide bonds. The molecule has 0 aliphatic heterocycles. The van der Waals surface area contributed by atoms with E-state index in [0.717, 1.165) is 19.3 Å². The summed E-state index contributed by atoms with van der Waals surface area (Å²) in [4.78, 5) is 0. The van der Waals surface area contributed by atoms with Gasteiger partial charge >= 0.3 is 0 Å². The molecule has 0 fully saturated rings. The van der Waals surface area contributed by atoms with Crippen molar-refractivity contribution in [3.8, 4) is 0 Å². The Balaban J connectivity index is 5.36. The first-order valence-electron chi connectivity index (χ1n) is 11.9. The van der Waals surface area contributed by atoms with Crippen LogP contribution in [0.1, 0.15) is 114 Å². The van der Waals surface area contributed by atoms with Gasteiger partial charge in [-0.25, -0.2) is 0 Å². The number of unbranched alkanes of at least 4 members (excludes halogenated alkanes) is 5. The Hall–Kier alpha value is -0.580. The third-order valence-corrected chi connectivity index (χ3v) is 4.51. The SMILES string of the molecule is CCCCCCCCC(CCOC=C(C)C)C(OC(C)C)(OC(C)C)OC(C)C. The average Bonchev–Trinajstić information content (AvgIpc) is 2.57. The Bertz CT molecular complexity index is 385. The number of rotatable bonds is 18. The minimum atomic E-state index is -1.03. The molecular formula is C25H50O4. The topological polar surface area (TPSA) is 36.9 Å². The molecule has 0 aromatic rings. The van der Waals surface area contributed by atoms with Crippen molar-refractivity contribution in [2.24, 2.45) is 5.92 Å². The van der Waals surface area contributed by atoms with Gasteiger partial charge in [0.05, 0.1) is 31.2 Å². The quantitative estimate of drug-likeness (QED) is 0.131. The summed E-state index contributed by atoms with van der Waals surface area (Å²) in [6.45, 7) is 19.3. The molecule has 0 radical (unpaired) electrons. The molecule has 0 saturated carbocycles. The van der Waals surface area contributed by atoms with Gasteiger partial charge in [0.15, 0.2) is 0 Å². The average molecular weight is 415 g/mol. The van der Waals surface area contributed by atoms with Gasteiger partial charge in [-0.1, -0.05) is 45.4 Å². The summed E-state index contributed by atoms with van der Waals surface area (Å²) in [5.41, 5.74) is 1.17. The highest BCUT2D eigenvalue weighted by Gasteiger charge is 2.44. The molecule has 0 spiro atoms. The van der Waals surface area contributed by atoms with Crippen molar-refractivity contribution in [2.75, 3.05) is 6.61 Å². The molecule has 0 aliphatic rings. The molecule has 0 rings (SSSR count). The van der Waals surface area contributed by atoms with Crippen LogP contribution in [-0.4, -0.2) is 30.9 Å². The number of hydrogen-bond acceptors (Lipinski definition) is 4. The van der Waals surface area contributed by atoms with Crippen LogP contribution in [0.2, 0.25) is 0 Å². The molecule has 0 N–H and O–H groups in total. The lowest BCUT2D eigenvalue weighted by molar-refractivity contribution is -0.433. The van der Waals surface area contributed by atoms with Gasteiger partial charge in [0.1, 0.15) is 0 Å². The molecule has 1 atom stereocenters. The maximum Gasteiger partial charge on any atom is 0.286 e. The minimum Gasteiger partial charge on any atom is -0.501 e. The second-order valence-corrected chi connectivity index (χ2v) is 9.21. The fraction of sp³-hybridized carbons (Fsp3) is 0.920. The van der Waals surface area contributed by atoms with Crippen LogP contribution in [0, 0.1) is 5.92 Å². The fourth-order valence-electron chi connectivity index (χ4n) is 3.46. The van der Waals surface area contributed by atoms with Crippen molar-refractivity contribution in [3.05, 3.63) is 11.8 Å². The van der Waals surface area contributed by atoms with Crippen LogP contribution in [0.5, 0.6) is 0 Å². The lowest BCUT2D eigenvalue weighted by Gasteiger charge is -2.43. The van der Waals surface area contributed by atoms with E-state index in [4.69, 9.17) is 18.9 Å². The van der Waals surface area contributed by atoms with Crippen molar-refractivity contribution < 1.29 is 18.9 Å². The largest absolute Gasteiger partial charge is 0.501 e. The first-order valence-corrected chi connectivity index (χ1v) is 11.9. The van der Waals surface area contributed by atoms with Crippen LogP contribution < -0.4 is 0 Å². The summed E-state index contributed by atoms with van der Waals surface area (Å²) in [5.74, 6) is -0.916. The third-order valence-electron chi connectivity index (χ3n) is 4.51. The molecule has 0 bridgehead atoms. The van der Waals surface area contributed by atoms with E-state index in [-0.39, 0.29) is 24.2 Å². The van der Waals surface area contributed by atoms with Crippen molar-refractivity contribution in [1.82, 2.24) is 0 Å². The van der Waals surface area contributed by atoms with Crippen LogP contribution >= 0.6 is 0 Å². The summed E-state index contributed by atoms with van der Waals surface area (Å²) in [6, 6.07) is 0. The number of allylic oxidation sites excluding steroid dienone is 1. The summed E-state index contributed by atoms with van der Waals surface area (Å²) >= 11 is 0. The van der Waals surface area contributed by atoms with E-state index < -0.39 is 5.97 Å². The summed E-state index contributed by atoms with van der Waals surface area (Å²) < 4.78 is 24.9. The Morgan fingerprint density at radius 2 is 1.21 bits per heavy atom. The Morgan fingerprint density at radius 1 is 0.724 bits per heavy atom. The highest BCUT2D eigenvalue weighted by Crippen LogP contribution is 2.36. The first-order chi connectivity index (χ1) is 13.6. The van der Waals surface area contributed by atoms with Gasteiger partial charge in [-0.3, -0.25) is 0 Å². The van der Waals surface area contributed by atoms with Gasteiger partial charge in [0.25, 0.3) is 5.97 Å². The lowest BCUT2D eigenvalue weighted by Crippen LogP contribution is -2.51. The molecule has 0 saturated heterocycles. The van der Waals surface area contributed by atoms with E-state index in [9.17, 15) is 0 Å². The van der Waals surface area contributed by atoms with Crippen molar-refractivity contribution >= 4 is 0 Å². The highest BCUT2D eigenvalue weighted by molar-refractivity contribution is 4.86. The minimum absolute atomic E-state index is 0.0123. The van der Waals surface area contributed by atoms with Gasteiger partial charge in [-0.05, 0) is 73.8 Å². The van der Waals surface area contributed by atoms with Crippen LogP contribution in [0.15, 0.2) is 11.8 Å². The van der Waals surface area contributed by atoms with Crippen molar-refractivity contribution in [3.63, 3.8) is 0 Å². The van der Waals surface area contributed by atoms with E-state index in [1.165, 1.54) is 37.7 Å². The zero-order valence-corrected chi connectivity index (χ0v) is 20.9.